The Kier molecular flexibility index (Phi) is 4.31. The number of carbonyl (C=O) groups excluding carboxylic acids is 1. The summed E-state index contributed by atoms with van der Waals surface area (Å²) >= 11 is 1.47. The lowest BCUT2D eigenvalue weighted by Crippen LogP contribution is -2.51. The number of aromatic nitrogens is 2. The number of carbonyl (C=O) groups is 1. The van der Waals surface area contributed by atoms with E-state index in [1.165, 1.54) is 11.3 Å². The monoisotopic (exact) mass is 393 g/mol. The van der Waals surface area contributed by atoms with Gasteiger partial charge >= 0.3 is 0 Å². The molecule has 1 aromatic carbocycles. The number of para-hydroxylation sites is 1. The zero-order valence-electron chi connectivity index (χ0n) is 15.9. The van der Waals surface area contributed by atoms with Crippen molar-refractivity contribution in [2.75, 3.05) is 13.1 Å². The smallest absolute Gasteiger partial charge is 0.282 e. The number of piperidine rings is 1. The van der Waals surface area contributed by atoms with E-state index < -0.39 is 0 Å². The van der Waals surface area contributed by atoms with Gasteiger partial charge in [0.05, 0.1) is 10.2 Å². The van der Waals surface area contributed by atoms with Crippen LogP contribution in [0.25, 0.3) is 10.2 Å². The van der Waals surface area contributed by atoms with Gasteiger partial charge in [-0.15, -0.1) is 11.3 Å². The van der Waals surface area contributed by atoms with Gasteiger partial charge in [-0.05, 0) is 37.0 Å². The van der Waals surface area contributed by atoms with Crippen LogP contribution < -0.4 is 5.56 Å². The maximum atomic E-state index is 13.2. The topological polar surface area (TPSA) is 55.2 Å². The molecule has 0 radical (unpaired) electrons. The van der Waals surface area contributed by atoms with Crippen molar-refractivity contribution in [2.45, 2.75) is 38.1 Å². The van der Waals surface area contributed by atoms with Gasteiger partial charge in [-0.3, -0.25) is 9.59 Å². The number of hydrogen-bond donors (Lipinski definition) is 0. The zero-order chi connectivity index (χ0) is 19.3. The zero-order valence-corrected chi connectivity index (χ0v) is 16.7. The first-order valence-electron chi connectivity index (χ1n) is 10.0. The second kappa shape index (κ2) is 6.85. The SMILES string of the molecule is CCC[C@H]1[C@H]2C[C@H](CN(C(=O)c3nc4ccccc4s3)C2)c2cccc(=O)n21. The molecule has 3 atom stereocenters. The number of amides is 1. The Labute approximate surface area is 167 Å². The Morgan fingerprint density at radius 3 is 2.86 bits per heavy atom. The van der Waals surface area contributed by atoms with Gasteiger partial charge in [-0.1, -0.05) is 31.5 Å². The second-order valence-corrected chi connectivity index (χ2v) is 8.94. The fourth-order valence-electron chi connectivity index (χ4n) is 4.97. The van der Waals surface area contributed by atoms with Crippen LogP contribution in [-0.2, 0) is 0 Å². The fraction of sp³-hybridized carbons (Fsp3) is 0.409. The van der Waals surface area contributed by atoms with Gasteiger partial charge in [-0.25, -0.2) is 4.98 Å². The summed E-state index contributed by atoms with van der Waals surface area (Å²) in [7, 11) is 0. The predicted molar refractivity (Wildman–Crippen MR) is 111 cm³/mol. The van der Waals surface area contributed by atoms with Gasteiger partial charge in [-0.2, -0.15) is 0 Å². The lowest BCUT2D eigenvalue weighted by molar-refractivity contribution is 0.0518. The number of nitrogens with zero attached hydrogens (tertiary/aromatic N) is 3. The first-order valence-corrected chi connectivity index (χ1v) is 10.8. The van der Waals surface area contributed by atoms with E-state index in [1.807, 2.05) is 39.8 Å². The third kappa shape index (κ3) is 2.78. The van der Waals surface area contributed by atoms with E-state index >= 15 is 0 Å². The van der Waals surface area contributed by atoms with E-state index in [0.29, 0.717) is 24.0 Å². The van der Waals surface area contributed by atoms with Gasteiger partial charge in [0.2, 0.25) is 0 Å². The van der Waals surface area contributed by atoms with E-state index in [9.17, 15) is 9.59 Å². The van der Waals surface area contributed by atoms with Crippen LogP contribution in [0.4, 0.5) is 0 Å². The number of fused-ring (bicyclic) bond motifs is 5. The number of likely N-dealkylation sites (tertiary alicyclic amines) is 1. The molecule has 2 bridgehead atoms. The van der Waals surface area contributed by atoms with Crippen LogP contribution in [0.3, 0.4) is 0 Å². The molecule has 1 amide bonds. The molecule has 6 heteroatoms. The van der Waals surface area contributed by atoms with Gasteiger partial charge < -0.3 is 9.47 Å². The highest BCUT2D eigenvalue weighted by Crippen LogP contribution is 2.43. The molecular formula is C22H23N3O2S. The summed E-state index contributed by atoms with van der Waals surface area (Å²) in [4.78, 5) is 32.4. The molecule has 0 N–H and O–H groups in total. The minimum absolute atomic E-state index is 0.0258. The Morgan fingerprint density at radius 1 is 1.18 bits per heavy atom. The quantitative estimate of drug-likeness (QED) is 0.674. The van der Waals surface area contributed by atoms with Gasteiger partial charge in [0.1, 0.15) is 0 Å². The molecule has 4 heterocycles. The third-order valence-electron chi connectivity index (χ3n) is 6.15. The molecular weight excluding hydrogens is 370 g/mol. The van der Waals surface area contributed by atoms with Crippen molar-refractivity contribution in [3.8, 4) is 0 Å². The summed E-state index contributed by atoms with van der Waals surface area (Å²) in [6, 6.07) is 13.6. The van der Waals surface area contributed by atoms with Gasteiger partial charge in [0.25, 0.3) is 11.5 Å². The first-order chi connectivity index (χ1) is 13.7. The van der Waals surface area contributed by atoms with E-state index in [1.54, 1.807) is 6.07 Å². The highest BCUT2D eigenvalue weighted by molar-refractivity contribution is 7.20. The van der Waals surface area contributed by atoms with Gasteiger partial charge in [0, 0.05) is 36.8 Å². The van der Waals surface area contributed by atoms with Crippen LogP contribution in [0.2, 0.25) is 0 Å². The number of hydrogen-bond acceptors (Lipinski definition) is 4. The standard InChI is InChI=1S/C22H23N3O2S/c1-2-6-17-14-11-15(18-8-5-10-20(26)25(17)18)13-24(12-14)22(27)21-23-16-7-3-4-9-19(16)28-21/h3-5,7-10,14-15,17H,2,6,11-13H2,1H3/t14-,15+,17-/m0/s1. The summed E-state index contributed by atoms with van der Waals surface area (Å²) in [6.07, 6.45) is 3.05. The molecule has 2 aromatic heterocycles. The van der Waals surface area contributed by atoms with Crippen molar-refractivity contribution >= 4 is 27.5 Å². The number of benzene rings is 1. The van der Waals surface area contributed by atoms with E-state index in [4.69, 9.17) is 0 Å². The molecule has 28 heavy (non-hydrogen) atoms. The molecule has 144 valence electrons. The van der Waals surface area contributed by atoms with Crippen LogP contribution in [0.15, 0.2) is 47.3 Å². The third-order valence-corrected chi connectivity index (χ3v) is 7.17. The molecule has 0 unspecified atom stereocenters. The normalized spacial score (nSPS) is 23.6. The highest BCUT2D eigenvalue weighted by Gasteiger charge is 2.41. The van der Waals surface area contributed by atoms with E-state index in [-0.39, 0.29) is 23.4 Å². The number of pyridine rings is 1. The highest BCUT2D eigenvalue weighted by atomic mass is 32.1. The van der Waals surface area contributed by atoms with Crippen LogP contribution in [0, 0.1) is 5.92 Å². The predicted octanol–water partition coefficient (Wildman–Crippen LogP) is 4.06. The molecule has 5 rings (SSSR count). The molecule has 0 spiro atoms. The minimum atomic E-state index is 0.0258. The molecule has 1 fully saturated rings. The van der Waals surface area contributed by atoms with Gasteiger partial charge in [0.15, 0.2) is 5.01 Å². The van der Waals surface area contributed by atoms with Crippen LogP contribution in [0.5, 0.6) is 0 Å². The second-order valence-electron chi connectivity index (χ2n) is 7.90. The maximum Gasteiger partial charge on any atom is 0.282 e. The molecule has 5 nitrogen and oxygen atoms in total. The van der Waals surface area contributed by atoms with Crippen molar-refractivity contribution in [3.63, 3.8) is 0 Å². The van der Waals surface area contributed by atoms with Crippen LogP contribution >= 0.6 is 11.3 Å². The molecule has 2 aliphatic heterocycles. The average Bonchev–Trinajstić information content (AvgIpc) is 3.15. The van der Waals surface area contributed by atoms with E-state index in [0.717, 1.165) is 35.2 Å². The van der Waals surface area contributed by atoms with Crippen molar-refractivity contribution < 1.29 is 4.79 Å². The van der Waals surface area contributed by atoms with Crippen molar-refractivity contribution in [1.29, 1.82) is 0 Å². The van der Waals surface area contributed by atoms with Crippen molar-refractivity contribution in [1.82, 2.24) is 14.5 Å². The summed E-state index contributed by atoms with van der Waals surface area (Å²) in [5.74, 6) is 0.571. The Bertz CT molecular complexity index is 1070. The maximum absolute atomic E-state index is 13.2. The lowest BCUT2D eigenvalue weighted by atomic mass is 9.77. The number of thiazole rings is 1. The fourth-order valence-corrected chi connectivity index (χ4v) is 5.91. The Hall–Kier alpha value is -2.47. The molecule has 0 saturated carbocycles. The summed E-state index contributed by atoms with van der Waals surface area (Å²) in [5, 5.41) is 0.568. The largest absolute Gasteiger partial charge is 0.336 e. The summed E-state index contributed by atoms with van der Waals surface area (Å²) < 4.78 is 3.06. The lowest BCUT2D eigenvalue weighted by Gasteiger charge is -2.46. The number of rotatable bonds is 3. The summed E-state index contributed by atoms with van der Waals surface area (Å²) in [6.45, 7) is 3.52. The average molecular weight is 394 g/mol. The molecule has 3 aromatic rings. The summed E-state index contributed by atoms with van der Waals surface area (Å²) in [5.41, 5.74) is 2.06. The van der Waals surface area contributed by atoms with Crippen molar-refractivity contribution in [3.05, 3.63) is 63.5 Å². The Balaban J connectivity index is 1.50. The van der Waals surface area contributed by atoms with Crippen molar-refractivity contribution in [2.24, 2.45) is 5.92 Å². The first kappa shape index (κ1) is 17.6. The van der Waals surface area contributed by atoms with E-state index in [2.05, 4.69) is 18.0 Å². The minimum Gasteiger partial charge on any atom is -0.336 e. The molecule has 1 saturated heterocycles. The molecule has 0 aliphatic carbocycles. The van der Waals surface area contributed by atoms with Crippen LogP contribution in [0.1, 0.15) is 53.6 Å². The molecule has 2 aliphatic rings. The van der Waals surface area contributed by atoms with Crippen LogP contribution in [-0.4, -0.2) is 33.4 Å². The Morgan fingerprint density at radius 2 is 2.04 bits per heavy atom.